The summed E-state index contributed by atoms with van der Waals surface area (Å²) in [4.78, 5) is 26.2. The van der Waals surface area contributed by atoms with Crippen molar-refractivity contribution in [1.29, 1.82) is 0 Å². The molecule has 0 radical (unpaired) electrons. The van der Waals surface area contributed by atoms with Gasteiger partial charge in [0.2, 0.25) is 0 Å². The second kappa shape index (κ2) is 5.86. The largest absolute Gasteiger partial charge is 0.481 e. The standard InChI is InChI=1S/C11H21N3O3/c1-8-6-14(7-9(8)10(15)16)11(17)13(3)5-4-12-2/h8-9,12H,4-7H2,1-3H3,(H,15,16)/t8-,9-/m1/s1. The number of hydrogen-bond acceptors (Lipinski definition) is 3. The van der Waals surface area contributed by atoms with Crippen LogP contribution in [-0.2, 0) is 4.79 Å². The Morgan fingerprint density at radius 3 is 2.59 bits per heavy atom. The molecule has 1 saturated heterocycles. The molecule has 1 fully saturated rings. The van der Waals surface area contributed by atoms with Crippen LogP contribution in [0.2, 0.25) is 0 Å². The van der Waals surface area contributed by atoms with Gasteiger partial charge >= 0.3 is 12.0 Å². The summed E-state index contributed by atoms with van der Waals surface area (Å²) in [5.41, 5.74) is 0. The van der Waals surface area contributed by atoms with Crippen molar-refractivity contribution in [2.75, 3.05) is 40.3 Å². The van der Waals surface area contributed by atoms with Crippen molar-refractivity contribution >= 4 is 12.0 Å². The predicted octanol–water partition coefficient (Wildman–Crippen LogP) is -0.0899. The molecular formula is C11H21N3O3. The van der Waals surface area contributed by atoms with E-state index in [1.54, 1.807) is 16.8 Å². The molecule has 6 heteroatoms. The lowest BCUT2D eigenvalue weighted by atomic mass is 9.99. The molecule has 0 saturated carbocycles. The molecule has 0 spiro atoms. The van der Waals surface area contributed by atoms with Gasteiger partial charge in [0, 0.05) is 33.2 Å². The highest BCUT2D eigenvalue weighted by Gasteiger charge is 2.37. The molecule has 0 aromatic carbocycles. The Labute approximate surface area is 102 Å². The molecular weight excluding hydrogens is 222 g/mol. The van der Waals surface area contributed by atoms with Gasteiger partial charge < -0.3 is 20.2 Å². The minimum Gasteiger partial charge on any atom is -0.481 e. The van der Waals surface area contributed by atoms with Crippen LogP contribution in [0.25, 0.3) is 0 Å². The zero-order valence-electron chi connectivity index (χ0n) is 10.6. The van der Waals surface area contributed by atoms with Crippen LogP contribution < -0.4 is 5.32 Å². The third-order valence-electron chi connectivity index (χ3n) is 3.22. The van der Waals surface area contributed by atoms with Crippen molar-refractivity contribution < 1.29 is 14.7 Å². The molecule has 98 valence electrons. The Bertz CT molecular complexity index is 296. The van der Waals surface area contributed by atoms with Gasteiger partial charge in [0.25, 0.3) is 0 Å². The number of nitrogens with one attached hydrogen (secondary N) is 1. The van der Waals surface area contributed by atoms with Gasteiger partial charge in [0.15, 0.2) is 0 Å². The number of carboxylic acids is 1. The molecule has 6 nitrogen and oxygen atoms in total. The first kappa shape index (κ1) is 13.8. The van der Waals surface area contributed by atoms with Crippen molar-refractivity contribution in [1.82, 2.24) is 15.1 Å². The smallest absolute Gasteiger partial charge is 0.319 e. The summed E-state index contributed by atoms with van der Waals surface area (Å²) >= 11 is 0. The van der Waals surface area contributed by atoms with Crippen LogP contribution in [0.15, 0.2) is 0 Å². The third kappa shape index (κ3) is 3.33. The number of likely N-dealkylation sites (N-methyl/N-ethyl adjacent to an activating group) is 2. The molecule has 0 bridgehead atoms. The summed E-state index contributed by atoms with van der Waals surface area (Å²) in [7, 11) is 3.56. The minimum absolute atomic E-state index is 0.0224. The number of hydrogen-bond donors (Lipinski definition) is 2. The van der Waals surface area contributed by atoms with Crippen molar-refractivity contribution in [2.45, 2.75) is 6.92 Å². The molecule has 2 amide bonds. The van der Waals surface area contributed by atoms with Gasteiger partial charge in [-0.05, 0) is 13.0 Å². The molecule has 0 aromatic rings. The van der Waals surface area contributed by atoms with Gasteiger partial charge in [0.05, 0.1) is 5.92 Å². The Morgan fingerprint density at radius 2 is 2.12 bits per heavy atom. The summed E-state index contributed by atoms with van der Waals surface area (Å²) in [6, 6.07) is -0.0872. The van der Waals surface area contributed by atoms with Crippen LogP contribution in [0.1, 0.15) is 6.92 Å². The molecule has 2 atom stereocenters. The van der Waals surface area contributed by atoms with Crippen molar-refractivity contribution in [3.63, 3.8) is 0 Å². The first-order valence-electron chi connectivity index (χ1n) is 5.84. The highest BCUT2D eigenvalue weighted by molar-refractivity contribution is 5.77. The van der Waals surface area contributed by atoms with Crippen molar-refractivity contribution in [3.8, 4) is 0 Å². The lowest BCUT2D eigenvalue weighted by molar-refractivity contribution is -0.142. The molecule has 0 aliphatic carbocycles. The summed E-state index contributed by atoms with van der Waals surface area (Å²) < 4.78 is 0. The van der Waals surface area contributed by atoms with Gasteiger partial charge in [-0.15, -0.1) is 0 Å². The van der Waals surface area contributed by atoms with Gasteiger partial charge in [-0.1, -0.05) is 6.92 Å². The minimum atomic E-state index is -0.814. The second-order valence-corrected chi connectivity index (χ2v) is 4.63. The number of rotatable bonds is 4. The predicted molar refractivity (Wildman–Crippen MR) is 63.8 cm³/mol. The number of carbonyl (C=O) groups excluding carboxylic acids is 1. The summed E-state index contributed by atoms with van der Waals surface area (Å²) in [5, 5.41) is 12.0. The maximum atomic E-state index is 12.0. The topological polar surface area (TPSA) is 72.9 Å². The van der Waals surface area contributed by atoms with Crippen LogP contribution in [0.3, 0.4) is 0 Å². The second-order valence-electron chi connectivity index (χ2n) is 4.63. The molecule has 0 aromatic heterocycles. The van der Waals surface area contributed by atoms with E-state index in [-0.39, 0.29) is 11.9 Å². The Kier molecular flexibility index (Phi) is 4.74. The lowest BCUT2D eigenvalue weighted by Crippen LogP contribution is -2.42. The fourth-order valence-corrected chi connectivity index (χ4v) is 2.06. The third-order valence-corrected chi connectivity index (χ3v) is 3.22. The van der Waals surface area contributed by atoms with Crippen LogP contribution in [0.5, 0.6) is 0 Å². The van der Waals surface area contributed by atoms with E-state index in [1.807, 2.05) is 14.0 Å². The average Bonchev–Trinajstić information content (AvgIpc) is 2.67. The van der Waals surface area contributed by atoms with Crippen LogP contribution in [-0.4, -0.2) is 67.2 Å². The van der Waals surface area contributed by atoms with Crippen LogP contribution in [0, 0.1) is 11.8 Å². The zero-order chi connectivity index (χ0) is 13.0. The molecule has 1 aliphatic heterocycles. The van der Waals surface area contributed by atoms with Gasteiger partial charge in [-0.2, -0.15) is 0 Å². The fraction of sp³-hybridized carbons (Fsp3) is 0.818. The number of nitrogens with zero attached hydrogens (tertiary/aromatic N) is 2. The summed E-state index contributed by atoms with van der Waals surface area (Å²) in [6.07, 6.45) is 0. The van der Waals surface area contributed by atoms with Crippen molar-refractivity contribution in [2.24, 2.45) is 11.8 Å². The van der Waals surface area contributed by atoms with E-state index in [4.69, 9.17) is 5.11 Å². The van der Waals surface area contributed by atoms with E-state index in [0.717, 1.165) is 6.54 Å². The molecule has 1 rings (SSSR count). The zero-order valence-corrected chi connectivity index (χ0v) is 10.6. The number of amides is 2. The SMILES string of the molecule is CNCCN(C)C(=O)N1C[C@@H](C)[C@H](C(=O)O)C1. The molecule has 2 N–H and O–H groups in total. The van der Waals surface area contributed by atoms with E-state index in [1.165, 1.54) is 0 Å². The van der Waals surface area contributed by atoms with Gasteiger partial charge in [-0.3, -0.25) is 4.79 Å². The Morgan fingerprint density at radius 1 is 1.47 bits per heavy atom. The van der Waals surface area contributed by atoms with Crippen LogP contribution >= 0.6 is 0 Å². The first-order valence-corrected chi connectivity index (χ1v) is 5.84. The molecule has 1 aliphatic rings. The number of urea groups is 1. The number of carboxylic acid groups (broad SMARTS) is 1. The number of carbonyl (C=O) groups is 2. The highest BCUT2D eigenvalue weighted by Crippen LogP contribution is 2.23. The summed E-state index contributed by atoms with van der Waals surface area (Å²) in [6.45, 7) is 4.07. The van der Waals surface area contributed by atoms with E-state index in [9.17, 15) is 9.59 Å². The van der Waals surface area contributed by atoms with E-state index in [2.05, 4.69) is 5.32 Å². The molecule has 1 heterocycles. The van der Waals surface area contributed by atoms with E-state index < -0.39 is 11.9 Å². The quantitative estimate of drug-likeness (QED) is 0.724. The fourth-order valence-electron chi connectivity index (χ4n) is 2.06. The monoisotopic (exact) mass is 243 g/mol. The number of aliphatic carboxylic acids is 1. The Balaban J connectivity index is 2.52. The van der Waals surface area contributed by atoms with E-state index >= 15 is 0 Å². The van der Waals surface area contributed by atoms with Gasteiger partial charge in [0.1, 0.15) is 0 Å². The van der Waals surface area contributed by atoms with Gasteiger partial charge in [-0.25, -0.2) is 4.79 Å². The number of likely N-dealkylation sites (tertiary alicyclic amines) is 1. The van der Waals surface area contributed by atoms with E-state index in [0.29, 0.717) is 19.6 Å². The summed E-state index contributed by atoms with van der Waals surface area (Å²) in [5.74, 6) is -1.23. The Hall–Kier alpha value is -1.30. The maximum Gasteiger partial charge on any atom is 0.319 e. The molecule has 0 unspecified atom stereocenters. The highest BCUT2D eigenvalue weighted by atomic mass is 16.4. The first-order chi connectivity index (χ1) is 7.97. The lowest BCUT2D eigenvalue weighted by Gasteiger charge is -2.24. The normalized spacial score (nSPS) is 23.8. The van der Waals surface area contributed by atoms with Crippen molar-refractivity contribution in [3.05, 3.63) is 0 Å². The molecule has 17 heavy (non-hydrogen) atoms. The average molecular weight is 243 g/mol. The van der Waals surface area contributed by atoms with Crippen LogP contribution in [0.4, 0.5) is 4.79 Å². The maximum absolute atomic E-state index is 12.0.